The fourth-order valence-electron chi connectivity index (χ4n) is 4.52. The number of hydrogen-bond donors (Lipinski definition) is 2. The minimum atomic E-state index is -3.37. The molecule has 0 spiro atoms. The van der Waals surface area contributed by atoms with Crippen LogP contribution in [0.3, 0.4) is 0 Å². The first kappa shape index (κ1) is 19.8. The molecule has 0 radical (unpaired) electrons. The van der Waals surface area contributed by atoms with Gasteiger partial charge in [0.25, 0.3) is 0 Å². The van der Waals surface area contributed by atoms with Crippen molar-refractivity contribution in [1.82, 2.24) is 9.97 Å². The summed E-state index contributed by atoms with van der Waals surface area (Å²) < 4.78 is 25.2. The van der Waals surface area contributed by atoms with Crippen LogP contribution in [0.2, 0.25) is 0 Å². The zero-order valence-corrected chi connectivity index (χ0v) is 18.1. The summed E-state index contributed by atoms with van der Waals surface area (Å²) in [4.78, 5) is 11.7. The lowest BCUT2D eigenvalue weighted by molar-refractivity contribution is 0.265. The molecular formula is C22H28N4O3S. The molecular weight excluding hydrogens is 400 g/mol. The Bertz CT molecular complexity index is 1060. The van der Waals surface area contributed by atoms with E-state index in [1.54, 1.807) is 0 Å². The van der Waals surface area contributed by atoms with Gasteiger partial charge in [-0.3, -0.25) is 0 Å². The highest BCUT2D eigenvalue weighted by Gasteiger charge is 2.45. The highest BCUT2D eigenvalue weighted by Crippen LogP contribution is 2.42. The Morgan fingerprint density at radius 3 is 2.50 bits per heavy atom. The predicted octanol–water partition coefficient (Wildman–Crippen LogP) is 2.44. The minimum Gasteiger partial charge on any atom is -0.394 e. The molecule has 3 heterocycles. The monoisotopic (exact) mass is 428 g/mol. The van der Waals surface area contributed by atoms with Crippen molar-refractivity contribution in [2.45, 2.75) is 55.4 Å². The molecule has 0 bridgehead atoms. The Morgan fingerprint density at radius 1 is 1.17 bits per heavy atom. The van der Waals surface area contributed by atoms with E-state index in [0.29, 0.717) is 29.8 Å². The van der Waals surface area contributed by atoms with Gasteiger partial charge >= 0.3 is 0 Å². The second-order valence-electron chi connectivity index (χ2n) is 8.95. The summed E-state index contributed by atoms with van der Waals surface area (Å²) in [5, 5.41) is 13.0. The molecule has 160 valence electrons. The third-order valence-electron chi connectivity index (χ3n) is 6.71. The topological polar surface area (TPSA) is 95.4 Å². The molecule has 1 aliphatic carbocycles. The number of nitrogens with zero attached hydrogens (tertiary/aromatic N) is 3. The van der Waals surface area contributed by atoms with E-state index in [-0.39, 0.29) is 17.3 Å². The molecule has 3 aliphatic rings. The predicted molar refractivity (Wildman–Crippen MR) is 116 cm³/mol. The SMILES string of the molecule is Cc1ccc(C2CCN(c3nc4c(c(NC5(CO)CC5)n3)S(=O)(=O)CC4)CC2)cc1. The fourth-order valence-corrected chi connectivity index (χ4v) is 6.08. The lowest BCUT2D eigenvalue weighted by atomic mass is 9.89. The van der Waals surface area contributed by atoms with Crippen molar-refractivity contribution in [1.29, 1.82) is 0 Å². The van der Waals surface area contributed by atoms with Crippen molar-refractivity contribution in [2.24, 2.45) is 0 Å². The van der Waals surface area contributed by atoms with Crippen molar-refractivity contribution in [3.8, 4) is 0 Å². The van der Waals surface area contributed by atoms with E-state index < -0.39 is 15.4 Å². The van der Waals surface area contributed by atoms with Gasteiger partial charge in [0.2, 0.25) is 5.95 Å². The van der Waals surface area contributed by atoms with Crippen LogP contribution >= 0.6 is 0 Å². The molecule has 0 amide bonds. The lowest BCUT2D eigenvalue weighted by Crippen LogP contribution is -2.35. The number of benzene rings is 1. The molecule has 2 N–H and O–H groups in total. The molecule has 1 aromatic heterocycles. The minimum absolute atomic E-state index is 0.0247. The standard InChI is InChI=1S/C22H28N4O3S/c1-15-2-4-16(5-3-15)17-6-11-26(12-7-17)21-23-18-8-13-30(28,29)19(18)20(24-21)25-22(14-27)9-10-22/h2-5,17,27H,6-14H2,1H3,(H,23,24,25). The number of sulfone groups is 1. The molecule has 1 saturated heterocycles. The first-order valence-corrected chi connectivity index (χ1v) is 12.4. The molecule has 1 aromatic carbocycles. The van der Waals surface area contributed by atoms with Crippen LogP contribution in [0.5, 0.6) is 0 Å². The number of anilines is 2. The van der Waals surface area contributed by atoms with Gasteiger partial charge in [-0.25, -0.2) is 13.4 Å². The van der Waals surface area contributed by atoms with Crippen LogP contribution in [0.25, 0.3) is 0 Å². The van der Waals surface area contributed by atoms with Crippen LogP contribution in [0.1, 0.15) is 48.4 Å². The van der Waals surface area contributed by atoms with Crippen LogP contribution in [0.15, 0.2) is 29.2 Å². The van der Waals surface area contributed by atoms with Crippen LogP contribution in [0, 0.1) is 6.92 Å². The Morgan fingerprint density at radius 2 is 1.87 bits per heavy atom. The second-order valence-corrected chi connectivity index (χ2v) is 11.0. The first-order chi connectivity index (χ1) is 14.4. The van der Waals surface area contributed by atoms with Gasteiger partial charge in [-0.1, -0.05) is 29.8 Å². The average molecular weight is 429 g/mol. The third kappa shape index (κ3) is 3.56. The molecule has 30 heavy (non-hydrogen) atoms. The van der Waals surface area contributed by atoms with Gasteiger partial charge in [0.05, 0.1) is 23.6 Å². The van der Waals surface area contributed by atoms with Crippen molar-refractivity contribution in [3.05, 3.63) is 41.1 Å². The molecule has 8 heteroatoms. The van der Waals surface area contributed by atoms with Gasteiger partial charge in [-0.2, -0.15) is 4.98 Å². The third-order valence-corrected chi connectivity index (χ3v) is 8.50. The molecule has 7 nitrogen and oxygen atoms in total. The zero-order valence-electron chi connectivity index (χ0n) is 17.3. The summed E-state index contributed by atoms with van der Waals surface area (Å²) in [6.07, 6.45) is 4.10. The maximum atomic E-state index is 12.6. The zero-order chi connectivity index (χ0) is 20.9. The van der Waals surface area contributed by atoms with Crippen molar-refractivity contribution in [3.63, 3.8) is 0 Å². The number of nitrogens with one attached hydrogen (secondary N) is 1. The van der Waals surface area contributed by atoms with Crippen LogP contribution < -0.4 is 10.2 Å². The lowest BCUT2D eigenvalue weighted by Gasteiger charge is -2.33. The van der Waals surface area contributed by atoms with Gasteiger partial charge in [-0.05, 0) is 44.1 Å². The van der Waals surface area contributed by atoms with E-state index in [1.807, 2.05) is 0 Å². The van der Waals surface area contributed by atoms with Crippen LogP contribution in [-0.4, -0.2) is 54.5 Å². The van der Waals surface area contributed by atoms with Gasteiger partial charge in [0, 0.05) is 19.5 Å². The Balaban J connectivity index is 1.39. The van der Waals surface area contributed by atoms with Crippen molar-refractivity contribution >= 4 is 21.6 Å². The van der Waals surface area contributed by atoms with Crippen molar-refractivity contribution in [2.75, 3.05) is 35.7 Å². The largest absolute Gasteiger partial charge is 0.394 e. The molecule has 2 aromatic rings. The van der Waals surface area contributed by atoms with E-state index in [1.165, 1.54) is 11.1 Å². The Hall–Kier alpha value is -2.19. The van der Waals surface area contributed by atoms with E-state index in [4.69, 9.17) is 0 Å². The molecule has 2 fully saturated rings. The number of aromatic nitrogens is 2. The number of aryl methyl sites for hydroxylation is 2. The van der Waals surface area contributed by atoms with E-state index >= 15 is 0 Å². The Labute approximate surface area is 177 Å². The van der Waals surface area contributed by atoms with Gasteiger partial charge in [0.1, 0.15) is 4.90 Å². The maximum Gasteiger partial charge on any atom is 0.227 e. The quantitative estimate of drug-likeness (QED) is 0.755. The van der Waals surface area contributed by atoms with Gasteiger partial charge in [-0.15, -0.1) is 0 Å². The summed E-state index contributed by atoms with van der Waals surface area (Å²) in [6.45, 7) is 3.76. The summed E-state index contributed by atoms with van der Waals surface area (Å²) in [5.74, 6) is 1.58. The van der Waals surface area contributed by atoms with Gasteiger partial charge < -0.3 is 15.3 Å². The van der Waals surface area contributed by atoms with E-state index in [9.17, 15) is 13.5 Å². The molecule has 0 unspecified atom stereocenters. The normalized spacial score (nSPS) is 22.0. The van der Waals surface area contributed by atoms with E-state index in [2.05, 4.69) is 51.4 Å². The number of aliphatic hydroxyl groups excluding tert-OH is 1. The Kier molecular flexibility index (Phi) is 4.74. The van der Waals surface area contributed by atoms with E-state index in [0.717, 1.165) is 38.8 Å². The van der Waals surface area contributed by atoms with Crippen LogP contribution in [-0.2, 0) is 16.3 Å². The molecule has 2 aliphatic heterocycles. The first-order valence-electron chi connectivity index (χ1n) is 10.7. The number of aliphatic hydroxyl groups is 1. The number of fused-ring (bicyclic) bond motifs is 1. The summed E-state index contributed by atoms with van der Waals surface area (Å²) >= 11 is 0. The maximum absolute atomic E-state index is 12.6. The smallest absolute Gasteiger partial charge is 0.227 e. The summed E-state index contributed by atoms with van der Waals surface area (Å²) in [7, 11) is -3.37. The number of rotatable bonds is 5. The molecule has 0 atom stereocenters. The summed E-state index contributed by atoms with van der Waals surface area (Å²) in [5.41, 5.74) is 2.82. The van der Waals surface area contributed by atoms with Gasteiger partial charge in [0.15, 0.2) is 15.7 Å². The summed E-state index contributed by atoms with van der Waals surface area (Å²) in [6, 6.07) is 8.77. The molecule has 5 rings (SSSR count). The van der Waals surface area contributed by atoms with Crippen LogP contribution in [0.4, 0.5) is 11.8 Å². The highest BCUT2D eigenvalue weighted by molar-refractivity contribution is 7.91. The number of hydrogen-bond acceptors (Lipinski definition) is 7. The molecule has 1 saturated carbocycles. The number of piperidine rings is 1. The average Bonchev–Trinajstić information content (AvgIpc) is 3.45. The van der Waals surface area contributed by atoms with Crippen molar-refractivity contribution < 1.29 is 13.5 Å². The second kappa shape index (κ2) is 7.20. The highest BCUT2D eigenvalue weighted by atomic mass is 32.2. The fraction of sp³-hybridized carbons (Fsp3) is 0.545.